The second-order valence-electron chi connectivity index (χ2n) is 15.0. The van der Waals surface area contributed by atoms with Gasteiger partial charge in [0.1, 0.15) is 5.60 Å². The van der Waals surface area contributed by atoms with Crippen LogP contribution in [-0.2, 0) is 22.1 Å². The standard InChI is InChI=1S/C38H53N3O4Si/c1-10-40(27-29-15-14-24-39-26-29)35(42)31-20-18-28(19-21-31)25-32-22-23-33(41(32)36(43)44-37(2,3)4)34(30-16-12-11-13-17-30)45-46(8,9)38(5,6)7/h11-21,24,26,32-34H,10,22-23,25,27H2,1-9H3/t32-,33+,34+/m0/s1. The summed E-state index contributed by atoms with van der Waals surface area (Å²) in [5.41, 5.74) is 3.18. The molecule has 8 heteroatoms. The van der Waals surface area contributed by atoms with Crippen molar-refractivity contribution in [2.75, 3.05) is 6.54 Å². The first-order valence-corrected chi connectivity index (χ1v) is 19.5. The van der Waals surface area contributed by atoms with E-state index < -0.39 is 13.9 Å². The highest BCUT2D eigenvalue weighted by atomic mass is 28.4. The van der Waals surface area contributed by atoms with E-state index in [1.165, 1.54) is 0 Å². The molecule has 3 aromatic rings. The Morgan fingerprint density at radius 1 is 0.935 bits per heavy atom. The first-order chi connectivity index (χ1) is 21.6. The van der Waals surface area contributed by atoms with Crippen LogP contribution in [0.15, 0.2) is 79.1 Å². The summed E-state index contributed by atoms with van der Waals surface area (Å²) < 4.78 is 13.2. The second kappa shape index (κ2) is 14.5. The fourth-order valence-corrected chi connectivity index (χ4v) is 7.07. The van der Waals surface area contributed by atoms with Crippen molar-refractivity contribution in [2.45, 2.75) is 116 Å². The Morgan fingerprint density at radius 2 is 1.61 bits per heavy atom. The van der Waals surface area contributed by atoms with Crippen molar-refractivity contribution in [1.29, 1.82) is 0 Å². The molecule has 4 rings (SSSR count). The number of ether oxygens (including phenoxy) is 1. The lowest BCUT2D eigenvalue weighted by molar-refractivity contribution is -0.00239. The van der Waals surface area contributed by atoms with E-state index in [0.717, 1.165) is 29.5 Å². The number of carbonyl (C=O) groups is 2. The van der Waals surface area contributed by atoms with Gasteiger partial charge in [-0.15, -0.1) is 0 Å². The molecule has 1 aliphatic rings. The van der Waals surface area contributed by atoms with E-state index in [-0.39, 0.29) is 35.2 Å². The molecule has 0 radical (unpaired) electrons. The Balaban J connectivity index is 1.59. The topological polar surface area (TPSA) is 72.0 Å². The first kappa shape index (κ1) is 35.4. The molecule has 0 unspecified atom stereocenters. The van der Waals surface area contributed by atoms with Crippen molar-refractivity contribution in [3.05, 3.63) is 101 Å². The van der Waals surface area contributed by atoms with Gasteiger partial charge in [-0.25, -0.2) is 4.79 Å². The third kappa shape index (κ3) is 8.85. The molecule has 0 N–H and O–H groups in total. The van der Waals surface area contributed by atoms with Crippen LogP contribution < -0.4 is 0 Å². The molecule has 7 nitrogen and oxygen atoms in total. The molecular weight excluding hydrogens is 591 g/mol. The molecule has 2 heterocycles. The van der Waals surface area contributed by atoms with E-state index in [1.807, 2.05) is 92.1 Å². The average molecular weight is 644 g/mol. The molecule has 3 atom stereocenters. The van der Waals surface area contributed by atoms with Crippen molar-refractivity contribution < 1.29 is 18.8 Å². The summed E-state index contributed by atoms with van der Waals surface area (Å²) in [7, 11) is -2.20. The number of aromatic nitrogens is 1. The normalized spacial score (nSPS) is 17.9. The molecule has 248 valence electrons. The van der Waals surface area contributed by atoms with E-state index in [1.54, 1.807) is 12.4 Å². The van der Waals surface area contributed by atoms with Crippen molar-refractivity contribution >= 4 is 20.3 Å². The number of nitrogens with zero attached hydrogens (tertiary/aromatic N) is 3. The molecule has 0 spiro atoms. The number of hydrogen-bond acceptors (Lipinski definition) is 5. The number of carbonyl (C=O) groups excluding carboxylic acids is 2. The maximum absolute atomic E-state index is 14.0. The molecule has 1 aromatic heterocycles. The van der Waals surface area contributed by atoms with Crippen molar-refractivity contribution in [3.63, 3.8) is 0 Å². The summed E-state index contributed by atoms with van der Waals surface area (Å²) in [6.45, 7) is 20.1. The Kier molecular flexibility index (Phi) is 11.2. The van der Waals surface area contributed by atoms with E-state index >= 15 is 0 Å². The summed E-state index contributed by atoms with van der Waals surface area (Å²) in [5, 5.41) is 0.0132. The Bertz CT molecular complexity index is 1430. The Labute approximate surface area is 277 Å². The molecule has 2 aromatic carbocycles. The minimum absolute atomic E-state index is 0.0114. The van der Waals surface area contributed by atoms with Gasteiger partial charge in [-0.2, -0.15) is 0 Å². The number of benzene rings is 2. The molecule has 1 saturated heterocycles. The van der Waals surface area contributed by atoms with Crippen LogP contribution in [-0.4, -0.2) is 59.3 Å². The monoisotopic (exact) mass is 643 g/mol. The zero-order chi connectivity index (χ0) is 33.7. The van der Waals surface area contributed by atoms with Gasteiger partial charge in [0.2, 0.25) is 0 Å². The van der Waals surface area contributed by atoms with Crippen LogP contribution in [0.2, 0.25) is 18.1 Å². The van der Waals surface area contributed by atoms with Crippen molar-refractivity contribution in [3.8, 4) is 0 Å². The maximum Gasteiger partial charge on any atom is 0.410 e. The number of pyridine rings is 1. The third-order valence-corrected chi connectivity index (χ3v) is 13.7. The minimum Gasteiger partial charge on any atom is -0.444 e. The molecule has 0 bridgehead atoms. The summed E-state index contributed by atoms with van der Waals surface area (Å²) in [4.78, 5) is 35.3. The number of likely N-dealkylation sites (tertiary alicyclic amines) is 1. The van der Waals surface area contributed by atoms with Gasteiger partial charge in [-0.05, 0) is 100.0 Å². The molecule has 46 heavy (non-hydrogen) atoms. The maximum atomic E-state index is 14.0. The van der Waals surface area contributed by atoms with Gasteiger partial charge in [0.05, 0.1) is 12.1 Å². The van der Waals surface area contributed by atoms with Gasteiger partial charge in [0.25, 0.3) is 5.91 Å². The number of rotatable bonds is 10. The van der Waals surface area contributed by atoms with Gasteiger partial charge in [0.15, 0.2) is 8.32 Å². The van der Waals surface area contributed by atoms with E-state index in [0.29, 0.717) is 25.1 Å². The van der Waals surface area contributed by atoms with Crippen LogP contribution in [0.5, 0.6) is 0 Å². The van der Waals surface area contributed by atoms with Gasteiger partial charge in [-0.3, -0.25) is 14.7 Å². The quantitative estimate of drug-likeness (QED) is 0.207. The SMILES string of the molecule is CCN(Cc1cccnc1)C(=O)c1ccc(C[C@@H]2CC[C@H]([C@H](O[Si](C)(C)C(C)(C)C)c3ccccc3)N2C(=O)OC(C)(C)C)cc1. The van der Waals surface area contributed by atoms with Gasteiger partial charge < -0.3 is 14.1 Å². The Hall–Kier alpha value is -3.49. The average Bonchev–Trinajstić information content (AvgIpc) is 3.41. The van der Waals surface area contributed by atoms with Gasteiger partial charge in [-0.1, -0.05) is 69.3 Å². The summed E-state index contributed by atoms with van der Waals surface area (Å²) in [6.07, 6.45) is 5.28. The van der Waals surface area contributed by atoms with Crippen LogP contribution in [0.1, 0.15) is 94.5 Å². The zero-order valence-electron chi connectivity index (χ0n) is 29.2. The summed E-state index contributed by atoms with van der Waals surface area (Å²) >= 11 is 0. The summed E-state index contributed by atoms with van der Waals surface area (Å²) in [6, 6.07) is 21.8. The molecule has 0 aliphatic carbocycles. The fraction of sp³-hybridized carbons (Fsp3) is 0.500. The highest BCUT2D eigenvalue weighted by molar-refractivity contribution is 6.74. The first-order valence-electron chi connectivity index (χ1n) is 16.6. The zero-order valence-corrected chi connectivity index (χ0v) is 30.2. The lowest BCUT2D eigenvalue weighted by Gasteiger charge is -2.43. The largest absolute Gasteiger partial charge is 0.444 e. The second-order valence-corrected chi connectivity index (χ2v) is 19.7. The Morgan fingerprint density at radius 3 is 2.17 bits per heavy atom. The predicted molar refractivity (Wildman–Crippen MR) is 187 cm³/mol. The van der Waals surface area contributed by atoms with E-state index in [9.17, 15) is 9.59 Å². The fourth-order valence-electron chi connectivity index (χ4n) is 5.79. The van der Waals surface area contributed by atoms with Crippen LogP contribution in [0.25, 0.3) is 0 Å². The number of amides is 2. The lowest BCUT2D eigenvalue weighted by atomic mass is 10.0. The highest BCUT2D eigenvalue weighted by Crippen LogP contribution is 2.44. The van der Waals surface area contributed by atoms with Crippen LogP contribution in [0, 0.1) is 0 Å². The highest BCUT2D eigenvalue weighted by Gasteiger charge is 2.47. The summed E-state index contributed by atoms with van der Waals surface area (Å²) in [5.74, 6) is -0.0114. The van der Waals surface area contributed by atoms with Crippen molar-refractivity contribution in [1.82, 2.24) is 14.8 Å². The smallest absolute Gasteiger partial charge is 0.410 e. The lowest BCUT2D eigenvalue weighted by Crippen LogP contribution is -2.50. The third-order valence-electron chi connectivity index (χ3n) is 9.29. The molecule has 1 fully saturated rings. The molecule has 2 amide bonds. The van der Waals surface area contributed by atoms with Crippen LogP contribution in [0.4, 0.5) is 4.79 Å². The molecular formula is C38H53N3O4Si. The van der Waals surface area contributed by atoms with E-state index in [4.69, 9.17) is 9.16 Å². The van der Waals surface area contributed by atoms with Crippen molar-refractivity contribution in [2.24, 2.45) is 0 Å². The van der Waals surface area contributed by atoms with E-state index in [2.05, 4.69) is 51.0 Å². The number of hydrogen-bond donors (Lipinski definition) is 0. The van der Waals surface area contributed by atoms with Gasteiger partial charge >= 0.3 is 6.09 Å². The molecule has 0 saturated carbocycles. The predicted octanol–water partition coefficient (Wildman–Crippen LogP) is 8.82. The molecule has 1 aliphatic heterocycles. The van der Waals surface area contributed by atoms with Crippen LogP contribution in [0.3, 0.4) is 0 Å². The van der Waals surface area contributed by atoms with Gasteiger partial charge in [0, 0.05) is 37.1 Å². The van der Waals surface area contributed by atoms with Crippen LogP contribution >= 0.6 is 0 Å². The minimum atomic E-state index is -2.20.